The molecule has 4 rings (SSSR count). The zero-order chi connectivity index (χ0) is 17.1. The summed E-state index contributed by atoms with van der Waals surface area (Å²) in [5.74, 6) is 2.46. The van der Waals surface area contributed by atoms with Crippen molar-refractivity contribution in [3.63, 3.8) is 0 Å². The second-order valence-corrected chi connectivity index (χ2v) is 9.14. The van der Waals surface area contributed by atoms with Crippen LogP contribution >= 0.6 is 0 Å². The predicted octanol–water partition coefficient (Wildman–Crippen LogP) is 4.31. The molecule has 0 N–H and O–H groups in total. The van der Waals surface area contributed by atoms with E-state index in [0.29, 0.717) is 23.5 Å². The minimum absolute atomic E-state index is 0.0438. The van der Waals surface area contributed by atoms with Gasteiger partial charge in [0.25, 0.3) is 0 Å². The summed E-state index contributed by atoms with van der Waals surface area (Å²) in [5, 5.41) is 0. The van der Waals surface area contributed by atoms with Crippen molar-refractivity contribution in [3.05, 3.63) is 11.6 Å². The van der Waals surface area contributed by atoms with Crippen molar-refractivity contribution in [2.24, 2.45) is 34.5 Å². The molecule has 0 aliphatic heterocycles. The van der Waals surface area contributed by atoms with Crippen LogP contribution in [-0.4, -0.2) is 18.9 Å². The van der Waals surface area contributed by atoms with Gasteiger partial charge in [-0.3, -0.25) is 9.59 Å². The Morgan fingerprint density at radius 3 is 2.58 bits per heavy atom. The maximum atomic E-state index is 12.5. The molecular weight excluding hydrogens is 300 g/mol. The number of carbonyl (C=O) groups is 2. The number of esters is 1. The van der Waals surface area contributed by atoms with Crippen molar-refractivity contribution < 1.29 is 14.3 Å². The first-order valence-electron chi connectivity index (χ1n) is 9.71. The number of Topliss-reactive ketones (excluding diaryl/α,β-unsaturated/α-hetero) is 1. The molecule has 0 saturated heterocycles. The number of fused-ring (bicyclic) bond motifs is 5. The molecule has 0 aromatic heterocycles. The van der Waals surface area contributed by atoms with Crippen LogP contribution in [-0.2, 0) is 14.3 Å². The molecule has 0 aromatic rings. The second kappa shape index (κ2) is 5.44. The van der Waals surface area contributed by atoms with Crippen molar-refractivity contribution in [2.75, 3.05) is 7.11 Å². The maximum absolute atomic E-state index is 12.5. The fourth-order valence-corrected chi connectivity index (χ4v) is 6.80. The lowest BCUT2D eigenvalue weighted by Crippen LogP contribution is -2.50. The number of ketones is 1. The van der Waals surface area contributed by atoms with Crippen LogP contribution in [0.1, 0.15) is 65.2 Å². The van der Waals surface area contributed by atoms with Gasteiger partial charge >= 0.3 is 5.97 Å². The van der Waals surface area contributed by atoms with Crippen LogP contribution in [0.25, 0.3) is 0 Å². The summed E-state index contributed by atoms with van der Waals surface area (Å²) in [6.07, 6.45) is 10.6. The molecule has 0 amide bonds. The van der Waals surface area contributed by atoms with Crippen molar-refractivity contribution in [1.29, 1.82) is 0 Å². The molecule has 4 aliphatic carbocycles. The van der Waals surface area contributed by atoms with E-state index in [1.54, 1.807) is 0 Å². The predicted molar refractivity (Wildman–Crippen MR) is 92.2 cm³/mol. The Balaban J connectivity index is 1.62. The van der Waals surface area contributed by atoms with E-state index in [2.05, 4.69) is 19.9 Å². The second-order valence-electron chi connectivity index (χ2n) is 9.14. The molecule has 0 radical (unpaired) electrons. The van der Waals surface area contributed by atoms with Gasteiger partial charge in [-0.05, 0) is 68.1 Å². The number of allylic oxidation sites excluding steroid dienone is 2. The molecule has 3 nitrogen and oxygen atoms in total. The standard InChI is InChI=1S/C21H30O3/c1-20-10-8-13(19(23)24-3)12-14(20)4-5-15-16-6-7-18(22)21(16,2)11-9-17(15)20/h4,13,15-17H,5-12H2,1-3H3/t13?,15-,16-,17-,20-,21-/m0/s1. The molecular formula is C21H30O3. The van der Waals surface area contributed by atoms with Crippen LogP contribution in [0.2, 0.25) is 0 Å². The zero-order valence-electron chi connectivity index (χ0n) is 15.3. The van der Waals surface area contributed by atoms with Crippen LogP contribution < -0.4 is 0 Å². The summed E-state index contributed by atoms with van der Waals surface area (Å²) in [4.78, 5) is 24.4. The Kier molecular flexibility index (Phi) is 3.71. The first-order valence-corrected chi connectivity index (χ1v) is 9.71. The lowest BCUT2D eigenvalue weighted by atomic mass is 9.47. The van der Waals surface area contributed by atoms with Gasteiger partial charge in [0.1, 0.15) is 5.78 Å². The number of rotatable bonds is 1. The van der Waals surface area contributed by atoms with Crippen LogP contribution in [0.5, 0.6) is 0 Å². The largest absolute Gasteiger partial charge is 0.469 e. The molecule has 0 spiro atoms. The van der Waals surface area contributed by atoms with Crippen molar-refractivity contribution >= 4 is 11.8 Å². The van der Waals surface area contributed by atoms with Gasteiger partial charge in [-0.2, -0.15) is 0 Å². The van der Waals surface area contributed by atoms with Gasteiger partial charge in [0.2, 0.25) is 0 Å². The van der Waals surface area contributed by atoms with E-state index in [1.807, 2.05) is 0 Å². The summed E-state index contributed by atoms with van der Waals surface area (Å²) in [6.45, 7) is 4.67. The number of methoxy groups -OCH3 is 1. The van der Waals surface area contributed by atoms with Gasteiger partial charge < -0.3 is 4.74 Å². The van der Waals surface area contributed by atoms with Gasteiger partial charge in [0.15, 0.2) is 0 Å². The maximum Gasteiger partial charge on any atom is 0.308 e. The van der Waals surface area contributed by atoms with Crippen LogP contribution in [0, 0.1) is 34.5 Å². The highest BCUT2D eigenvalue weighted by molar-refractivity contribution is 5.87. The molecule has 0 aromatic carbocycles. The lowest BCUT2D eigenvalue weighted by Gasteiger charge is -2.56. The SMILES string of the molecule is COC(=O)C1CC[C@@]2(C)C(=CC[C@@H]3[C@@H]2CC[C@]2(C)C(=O)CC[C@@H]32)C1. The first kappa shape index (κ1) is 16.4. The highest BCUT2D eigenvalue weighted by atomic mass is 16.5. The van der Waals surface area contributed by atoms with Gasteiger partial charge in [-0.1, -0.05) is 25.5 Å². The number of hydrogen-bond acceptors (Lipinski definition) is 3. The van der Waals surface area contributed by atoms with E-state index in [4.69, 9.17) is 4.74 Å². The molecule has 3 saturated carbocycles. The third kappa shape index (κ3) is 2.09. The summed E-state index contributed by atoms with van der Waals surface area (Å²) >= 11 is 0. The van der Waals surface area contributed by atoms with E-state index in [0.717, 1.165) is 44.9 Å². The van der Waals surface area contributed by atoms with E-state index < -0.39 is 0 Å². The Labute approximate surface area is 145 Å². The van der Waals surface area contributed by atoms with Gasteiger partial charge in [-0.15, -0.1) is 0 Å². The van der Waals surface area contributed by atoms with E-state index >= 15 is 0 Å². The first-order chi connectivity index (χ1) is 11.4. The molecule has 4 aliphatic rings. The smallest absolute Gasteiger partial charge is 0.308 e. The van der Waals surface area contributed by atoms with E-state index in [9.17, 15) is 9.59 Å². The topological polar surface area (TPSA) is 43.4 Å². The average Bonchev–Trinajstić information content (AvgIpc) is 2.88. The van der Waals surface area contributed by atoms with Crippen LogP contribution in [0.15, 0.2) is 11.6 Å². The lowest BCUT2D eigenvalue weighted by molar-refractivity contribution is -0.147. The fraction of sp³-hybridized carbons (Fsp3) is 0.810. The Morgan fingerprint density at radius 1 is 1.12 bits per heavy atom. The summed E-state index contributed by atoms with van der Waals surface area (Å²) < 4.78 is 4.99. The molecule has 0 heterocycles. The van der Waals surface area contributed by atoms with E-state index in [-0.39, 0.29) is 22.7 Å². The normalized spacial score (nSPS) is 47.3. The summed E-state index contributed by atoms with van der Waals surface area (Å²) in [5.41, 5.74) is 1.69. The van der Waals surface area contributed by atoms with Crippen LogP contribution in [0.3, 0.4) is 0 Å². The molecule has 132 valence electrons. The fourth-order valence-electron chi connectivity index (χ4n) is 6.80. The quantitative estimate of drug-likeness (QED) is 0.531. The van der Waals surface area contributed by atoms with Gasteiger partial charge in [0.05, 0.1) is 13.0 Å². The minimum atomic E-state index is -0.0495. The Bertz CT molecular complexity index is 606. The summed E-state index contributed by atoms with van der Waals surface area (Å²) in [7, 11) is 1.50. The molecule has 6 atom stereocenters. The molecule has 1 unspecified atom stereocenters. The average molecular weight is 330 g/mol. The molecule has 0 bridgehead atoms. The monoisotopic (exact) mass is 330 g/mol. The minimum Gasteiger partial charge on any atom is -0.469 e. The van der Waals surface area contributed by atoms with Crippen LogP contribution in [0.4, 0.5) is 0 Å². The third-order valence-corrected chi connectivity index (χ3v) is 8.35. The highest BCUT2D eigenvalue weighted by Gasteiger charge is 2.58. The third-order valence-electron chi connectivity index (χ3n) is 8.35. The van der Waals surface area contributed by atoms with Gasteiger partial charge in [-0.25, -0.2) is 0 Å². The number of hydrogen-bond donors (Lipinski definition) is 0. The van der Waals surface area contributed by atoms with Crippen molar-refractivity contribution in [2.45, 2.75) is 65.2 Å². The van der Waals surface area contributed by atoms with E-state index in [1.165, 1.54) is 19.1 Å². The van der Waals surface area contributed by atoms with Crippen molar-refractivity contribution in [1.82, 2.24) is 0 Å². The Morgan fingerprint density at radius 2 is 1.83 bits per heavy atom. The zero-order valence-corrected chi connectivity index (χ0v) is 15.3. The van der Waals surface area contributed by atoms with Gasteiger partial charge in [0, 0.05) is 11.8 Å². The number of ether oxygens (including phenoxy) is 1. The summed E-state index contributed by atoms with van der Waals surface area (Å²) in [6, 6.07) is 0. The molecule has 3 heteroatoms. The number of carbonyl (C=O) groups excluding carboxylic acids is 2. The molecule has 3 fully saturated rings. The molecule has 24 heavy (non-hydrogen) atoms. The Hall–Kier alpha value is -1.12. The van der Waals surface area contributed by atoms with Crippen molar-refractivity contribution in [3.8, 4) is 0 Å². The highest BCUT2D eigenvalue weighted by Crippen LogP contribution is 2.64.